The molecule has 0 N–H and O–H groups in total. The van der Waals surface area contributed by atoms with Crippen molar-refractivity contribution in [3.05, 3.63) is 17.3 Å². The number of rotatable bonds is 4. The van der Waals surface area contributed by atoms with E-state index in [9.17, 15) is 4.79 Å². The van der Waals surface area contributed by atoms with Gasteiger partial charge in [0.15, 0.2) is 5.89 Å². The van der Waals surface area contributed by atoms with Gasteiger partial charge in [0.1, 0.15) is 0 Å². The number of carbonyl (C=O) groups is 1. The second-order valence-corrected chi connectivity index (χ2v) is 3.55. The predicted molar refractivity (Wildman–Crippen MR) is 55.9 cm³/mol. The first-order valence-electron chi connectivity index (χ1n) is 5.26. The Hall–Kier alpha value is -1.32. The largest absolute Gasteiger partial charge is 0.460 e. The Morgan fingerprint density at radius 1 is 1.47 bits per heavy atom. The molecule has 1 aromatic heterocycles. The summed E-state index contributed by atoms with van der Waals surface area (Å²) in [6.07, 6.45) is 0.680. The number of hydrogen-bond donors (Lipinski definition) is 0. The topological polar surface area (TPSA) is 52.3 Å². The molecule has 4 nitrogen and oxygen atoms in total. The molecule has 1 heterocycles. The van der Waals surface area contributed by atoms with Crippen LogP contribution in [0.5, 0.6) is 0 Å². The quantitative estimate of drug-likeness (QED) is 0.718. The van der Waals surface area contributed by atoms with Crippen LogP contribution in [0.2, 0.25) is 0 Å². The number of hydrogen-bond acceptors (Lipinski definition) is 4. The highest BCUT2D eigenvalue weighted by Gasteiger charge is 2.22. The average Bonchev–Trinajstić information content (AvgIpc) is 2.61. The van der Waals surface area contributed by atoms with Gasteiger partial charge in [-0.2, -0.15) is 0 Å². The lowest BCUT2D eigenvalue weighted by molar-refractivity contribution is 0.0486. The number of ether oxygens (including phenoxy) is 1. The number of aromatic nitrogens is 1. The van der Waals surface area contributed by atoms with Crippen LogP contribution in [0, 0.1) is 0 Å². The number of carbonyl (C=O) groups excluding carboxylic acids is 1. The summed E-state index contributed by atoms with van der Waals surface area (Å²) in [4.78, 5) is 15.8. The molecular weight excluding hydrogens is 194 g/mol. The molecule has 0 aromatic carbocycles. The molecule has 0 unspecified atom stereocenters. The second-order valence-electron chi connectivity index (χ2n) is 3.55. The normalized spacial score (nSPS) is 10.7. The highest BCUT2D eigenvalue weighted by molar-refractivity contribution is 5.87. The van der Waals surface area contributed by atoms with Crippen molar-refractivity contribution >= 4 is 5.97 Å². The van der Waals surface area contributed by atoms with E-state index in [4.69, 9.17) is 9.15 Å². The Morgan fingerprint density at radius 2 is 2.13 bits per heavy atom. The molecule has 1 aromatic rings. The maximum atomic E-state index is 11.5. The fourth-order valence-corrected chi connectivity index (χ4v) is 1.26. The van der Waals surface area contributed by atoms with E-state index in [2.05, 4.69) is 4.98 Å². The van der Waals surface area contributed by atoms with Gasteiger partial charge in [-0.25, -0.2) is 9.78 Å². The van der Waals surface area contributed by atoms with E-state index in [1.807, 2.05) is 20.8 Å². The zero-order valence-electron chi connectivity index (χ0n) is 9.66. The molecule has 0 bridgehead atoms. The van der Waals surface area contributed by atoms with Gasteiger partial charge in [-0.3, -0.25) is 0 Å². The van der Waals surface area contributed by atoms with Crippen LogP contribution in [0.25, 0.3) is 0 Å². The molecular formula is C11H17NO3. The minimum atomic E-state index is -0.423. The molecule has 1 rings (SSSR count). The van der Waals surface area contributed by atoms with E-state index in [-0.39, 0.29) is 11.7 Å². The van der Waals surface area contributed by atoms with E-state index in [0.717, 1.165) is 0 Å². The predicted octanol–water partition coefficient (Wildman–Crippen LogP) is 2.54. The van der Waals surface area contributed by atoms with Crippen LogP contribution in [0.3, 0.4) is 0 Å². The first-order chi connectivity index (χ1) is 7.10. The van der Waals surface area contributed by atoms with Crippen LogP contribution < -0.4 is 0 Å². The van der Waals surface area contributed by atoms with Crippen LogP contribution in [0.1, 0.15) is 55.8 Å². The fourth-order valence-electron chi connectivity index (χ4n) is 1.26. The van der Waals surface area contributed by atoms with Crippen LogP contribution in [0.15, 0.2) is 4.42 Å². The minimum absolute atomic E-state index is 0.161. The molecule has 15 heavy (non-hydrogen) atoms. The van der Waals surface area contributed by atoms with Gasteiger partial charge in [-0.15, -0.1) is 0 Å². The highest BCUT2D eigenvalue weighted by atomic mass is 16.5. The van der Waals surface area contributed by atoms with Crippen molar-refractivity contribution in [1.29, 1.82) is 0 Å². The number of esters is 1. The molecule has 0 saturated heterocycles. The lowest BCUT2D eigenvalue weighted by Gasteiger charge is -2.02. The molecule has 0 saturated carbocycles. The molecule has 0 fully saturated rings. The highest BCUT2D eigenvalue weighted by Crippen LogP contribution is 2.21. The van der Waals surface area contributed by atoms with Gasteiger partial charge in [0, 0.05) is 6.42 Å². The Morgan fingerprint density at radius 3 is 2.60 bits per heavy atom. The molecule has 84 valence electrons. The van der Waals surface area contributed by atoms with E-state index < -0.39 is 5.97 Å². The van der Waals surface area contributed by atoms with Crippen molar-refractivity contribution in [1.82, 2.24) is 4.98 Å². The van der Waals surface area contributed by atoms with Crippen molar-refractivity contribution in [3.8, 4) is 0 Å². The Kier molecular flexibility index (Phi) is 3.88. The molecule has 0 amide bonds. The van der Waals surface area contributed by atoms with Gasteiger partial charge in [-0.1, -0.05) is 20.8 Å². The van der Waals surface area contributed by atoms with Crippen LogP contribution in [-0.4, -0.2) is 17.6 Å². The third-order valence-electron chi connectivity index (χ3n) is 2.01. The van der Waals surface area contributed by atoms with E-state index in [1.54, 1.807) is 6.92 Å². The summed E-state index contributed by atoms with van der Waals surface area (Å²) in [5.74, 6) is 0.576. The van der Waals surface area contributed by atoms with Crippen molar-refractivity contribution in [2.24, 2.45) is 0 Å². The summed E-state index contributed by atoms with van der Waals surface area (Å²) in [5, 5.41) is 0. The number of oxazole rings is 1. The zero-order chi connectivity index (χ0) is 11.4. The van der Waals surface area contributed by atoms with Crippen molar-refractivity contribution < 1.29 is 13.9 Å². The summed E-state index contributed by atoms with van der Waals surface area (Å²) < 4.78 is 10.3. The monoisotopic (exact) mass is 211 g/mol. The smallest absolute Gasteiger partial charge is 0.376 e. The van der Waals surface area contributed by atoms with Gasteiger partial charge in [0.2, 0.25) is 5.76 Å². The van der Waals surface area contributed by atoms with Gasteiger partial charge >= 0.3 is 5.97 Å². The molecule has 0 atom stereocenters. The summed E-state index contributed by atoms with van der Waals surface area (Å²) in [6.45, 7) is 7.99. The van der Waals surface area contributed by atoms with Gasteiger partial charge in [0.25, 0.3) is 0 Å². The fraction of sp³-hybridized carbons (Fsp3) is 0.636. The van der Waals surface area contributed by atoms with Crippen LogP contribution >= 0.6 is 0 Å². The van der Waals surface area contributed by atoms with Crippen molar-refractivity contribution in [2.75, 3.05) is 6.61 Å². The Balaban J connectivity index is 3.03. The molecule has 0 aliphatic rings. The zero-order valence-corrected chi connectivity index (χ0v) is 9.66. The lowest BCUT2D eigenvalue weighted by atomic mass is 10.1. The van der Waals surface area contributed by atoms with E-state index in [1.165, 1.54) is 0 Å². The van der Waals surface area contributed by atoms with Gasteiger partial charge in [0.05, 0.1) is 12.3 Å². The summed E-state index contributed by atoms with van der Waals surface area (Å²) >= 11 is 0. The first-order valence-corrected chi connectivity index (χ1v) is 5.26. The molecule has 0 radical (unpaired) electrons. The first kappa shape index (κ1) is 11.8. The molecule has 0 spiro atoms. The lowest BCUT2D eigenvalue weighted by Crippen LogP contribution is -2.07. The molecule has 0 aliphatic heterocycles. The SMILES string of the molecule is CCOC(=O)c1oc(CC)nc1C(C)C. The van der Waals surface area contributed by atoms with Gasteiger partial charge in [-0.05, 0) is 12.8 Å². The molecule has 4 heteroatoms. The maximum absolute atomic E-state index is 11.5. The third kappa shape index (κ3) is 2.58. The Bertz CT molecular complexity index is 342. The summed E-state index contributed by atoms with van der Waals surface area (Å²) in [6, 6.07) is 0. The maximum Gasteiger partial charge on any atom is 0.376 e. The minimum Gasteiger partial charge on any atom is -0.460 e. The van der Waals surface area contributed by atoms with Crippen molar-refractivity contribution in [2.45, 2.75) is 40.0 Å². The van der Waals surface area contributed by atoms with E-state index in [0.29, 0.717) is 24.6 Å². The second kappa shape index (κ2) is 4.96. The third-order valence-corrected chi connectivity index (χ3v) is 2.01. The van der Waals surface area contributed by atoms with E-state index >= 15 is 0 Å². The molecule has 0 aliphatic carbocycles. The Labute approximate surface area is 89.6 Å². The summed E-state index contributed by atoms with van der Waals surface area (Å²) in [5.41, 5.74) is 0.685. The van der Waals surface area contributed by atoms with Crippen LogP contribution in [-0.2, 0) is 11.2 Å². The number of nitrogens with zero attached hydrogens (tertiary/aromatic N) is 1. The van der Waals surface area contributed by atoms with Crippen molar-refractivity contribution in [3.63, 3.8) is 0 Å². The van der Waals surface area contributed by atoms with Gasteiger partial charge < -0.3 is 9.15 Å². The van der Waals surface area contributed by atoms with Crippen LogP contribution in [0.4, 0.5) is 0 Å². The summed E-state index contributed by atoms with van der Waals surface area (Å²) in [7, 11) is 0. The number of aryl methyl sites for hydroxylation is 1. The average molecular weight is 211 g/mol. The standard InChI is InChI=1S/C11H17NO3/c1-5-8-12-9(7(3)4)10(15-8)11(13)14-6-2/h7H,5-6H2,1-4H3.